The lowest BCUT2D eigenvalue weighted by Crippen LogP contribution is -2.34. The van der Waals surface area contributed by atoms with E-state index in [2.05, 4.69) is 23.7 Å². The fourth-order valence-corrected chi connectivity index (χ4v) is 3.03. The average molecular weight is 273 g/mol. The Labute approximate surface area is 120 Å². The van der Waals surface area contributed by atoms with Crippen molar-refractivity contribution in [1.82, 2.24) is 9.88 Å². The van der Waals surface area contributed by atoms with Crippen LogP contribution in [0.2, 0.25) is 0 Å². The summed E-state index contributed by atoms with van der Waals surface area (Å²) in [7, 11) is 0. The zero-order chi connectivity index (χ0) is 14.1. The van der Waals surface area contributed by atoms with Gasteiger partial charge in [0.25, 0.3) is 0 Å². The third kappa shape index (κ3) is 2.80. The number of rotatable bonds is 3. The number of piperidine rings is 1. The Morgan fingerprint density at radius 2 is 2.10 bits per heavy atom. The summed E-state index contributed by atoms with van der Waals surface area (Å²) in [6.45, 7) is 7.74. The molecule has 108 valence electrons. The molecule has 0 bridgehead atoms. The normalized spacial score (nSPS) is 18.1. The number of anilines is 1. The van der Waals surface area contributed by atoms with Gasteiger partial charge in [-0.3, -0.25) is 4.90 Å². The van der Waals surface area contributed by atoms with E-state index in [0.29, 0.717) is 0 Å². The molecule has 2 aromatic rings. The smallest absolute Gasteiger partial charge is 0.209 e. The number of fused-ring (bicyclic) bond motifs is 1. The van der Waals surface area contributed by atoms with Crippen LogP contribution in [0.25, 0.3) is 11.1 Å². The zero-order valence-corrected chi connectivity index (χ0v) is 12.3. The Kier molecular flexibility index (Phi) is 3.66. The van der Waals surface area contributed by atoms with Gasteiger partial charge in [0.2, 0.25) is 5.89 Å². The Morgan fingerprint density at radius 1 is 1.35 bits per heavy atom. The molecule has 1 fully saturated rings. The van der Waals surface area contributed by atoms with Gasteiger partial charge in [-0.1, -0.05) is 13.8 Å². The monoisotopic (exact) mass is 273 g/mol. The zero-order valence-electron chi connectivity index (χ0n) is 12.3. The second-order valence-corrected chi connectivity index (χ2v) is 6.19. The molecular weight excluding hydrogens is 250 g/mol. The number of likely N-dealkylation sites (tertiary alicyclic amines) is 1. The van der Waals surface area contributed by atoms with Gasteiger partial charge < -0.3 is 10.2 Å². The molecule has 20 heavy (non-hydrogen) atoms. The Balaban J connectivity index is 1.65. The minimum atomic E-state index is 0.720. The molecule has 0 unspecified atom stereocenters. The number of hydrogen-bond acceptors (Lipinski definition) is 4. The van der Waals surface area contributed by atoms with E-state index >= 15 is 0 Å². The summed E-state index contributed by atoms with van der Waals surface area (Å²) in [5.74, 6) is 2.47. The molecule has 0 radical (unpaired) electrons. The molecule has 2 N–H and O–H groups in total. The van der Waals surface area contributed by atoms with E-state index in [-0.39, 0.29) is 0 Å². The van der Waals surface area contributed by atoms with Gasteiger partial charge >= 0.3 is 0 Å². The molecule has 4 nitrogen and oxygen atoms in total. The minimum absolute atomic E-state index is 0.720. The summed E-state index contributed by atoms with van der Waals surface area (Å²) in [6, 6.07) is 5.63. The number of nitrogen functional groups attached to an aromatic ring is 1. The molecule has 1 aliphatic heterocycles. The molecule has 1 saturated heterocycles. The van der Waals surface area contributed by atoms with Crippen molar-refractivity contribution in [3.8, 4) is 0 Å². The van der Waals surface area contributed by atoms with E-state index in [1.165, 1.54) is 12.8 Å². The van der Waals surface area contributed by atoms with Crippen molar-refractivity contribution in [3.63, 3.8) is 0 Å². The number of aromatic nitrogens is 1. The number of oxazole rings is 1. The van der Waals surface area contributed by atoms with E-state index in [1.54, 1.807) is 0 Å². The number of benzene rings is 1. The largest absolute Gasteiger partial charge is 0.439 e. The number of nitrogens with two attached hydrogens (primary N) is 1. The van der Waals surface area contributed by atoms with Gasteiger partial charge in [0.05, 0.1) is 6.54 Å². The first kappa shape index (κ1) is 13.4. The topological polar surface area (TPSA) is 55.3 Å². The van der Waals surface area contributed by atoms with Gasteiger partial charge in [0, 0.05) is 11.8 Å². The second kappa shape index (κ2) is 5.44. The molecule has 0 spiro atoms. The summed E-state index contributed by atoms with van der Waals surface area (Å²) in [5.41, 5.74) is 8.17. The fraction of sp³-hybridized carbons (Fsp3) is 0.562. The Morgan fingerprint density at radius 3 is 2.80 bits per heavy atom. The molecule has 1 aromatic carbocycles. The van der Waals surface area contributed by atoms with Crippen LogP contribution < -0.4 is 5.73 Å². The predicted molar refractivity (Wildman–Crippen MR) is 81.3 cm³/mol. The van der Waals surface area contributed by atoms with E-state index < -0.39 is 0 Å². The van der Waals surface area contributed by atoms with Crippen molar-refractivity contribution < 1.29 is 4.42 Å². The van der Waals surface area contributed by atoms with Crippen LogP contribution in [0.4, 0.5) is 5.69 Å². The summed E-state index contributed by atoms with van der Waals surface area (Å²) in [5, 5.41) is 0. The van der Waals surface area contributed by atoms with Gasteiger partial charge in [-0.25, -0.2) is 4.98 Å². The SMILES string of the molecule is CC(C)C1CCN(Cc2nc3ccc(N)cc3o2)CC1. The molecule has 3 rings (SSSR count). The van der Waals surface area contributed by atoms with Crippen molar-refractivity contribution in [2.24, 2.45) is 11.8 Å². The molecule has 0 atom stereocenters. The van der Waals surface area contributed by atoms with Crippen LogP contribution in [0.3, 0.4) is 0 Å². The molecule has 4 heteroatoms. The maximum Gasteiger partial charge on any atom is 0.209 e. The second-order valence-electron chi connectivity index (χ2n) is 6.19. The van der Waals surface area contributed by atoms with Gasteiger partial charge in [-0.05, 0) is 49.9 Å². The quantitative estimate of drug-likeness (QED) is 0.872. The van der Waals surface area contributed by atoms with Crippen LogP contribution in [0.15, 0.2) is 22.6 Å². The van der Waals surface area contributed by atoms with Crippen molar-refractivity contribution in [3.05, 3.63) is 24.1 Å². The molecular formula is C16H23N3O. The van der Waals surface area contributed by atoms with E-state index in [4.69, 9.17) is 10.2 Å². The maximum atomic E-state index is 5.79. The lowest BCUT2D eigenvalue weighted by Gasteiger charge is -2.33. The molecule has 2 heterocycles. The summed E-state index contributed by atoms with van der Waals surface area (Å²) in [4.78, 5) is 6.98. The standard InChI is InChI=1S/C16H23N3O/c1-11(2)12-5-7-19(8-6-12)10-16-18-14-4-3-13(17)9-15(14)20-16/h3-4,9,11-12H,5-8,10,17H2,1-2H3. The first-order valence-electron chi connectivity index (χ1n) is 7.49. The Hall–Kier alpha value is -1.55. The van der Waals surface area contributed by atoms with Crippen molar-refractivity contribution in [1.29, 1.82) is 0 Å². The highest BCUT2D eigenvalue weighted by molar-refractivity contribution is 5.76. The van der Waals surface area contributed by atoms with E-state index in [9.17, 15) is 0 Å². The highest BCUT2D eigenvalue weighted by Gasteiger charge is 2.22. The highest BCUT2D eigenvalue weighted by Crippen LogP contribution is 2.26. The van der Waals surface area contributed by atoms with Crippen LogP contribution in [0, 0.1) is 11.8 Å². The summed E-state index contributed by atoms with van der Waals surface area (Å²) < 4.78 is 5.79. The minimum Gasteiger partial charge on any atom is -0.439 e. The van der Waals surface area contributed by atoms with Crippen LogP contribution in [0.5, 0.6) is 0 Å². The van der Waals surface area contributed by atoms with Gasteiger partial charge in [-0.15, -0.1) is 0 Å². The van der Waals surface area contributed by atoms with Crippen LogP contribution in [-0.4, -0.2) is 23.0 Å². The molecule has 0 amide bonds. The van der Waals surface area contributed by atoms with Gasteiger partial charge in [0.15, 0.2) is 5.58 Å². The fourth-order valence-electron chi connectivity index (χ4n) is 3.03. The highest BCUT2D eigenvalue weighted by atomic mass is 16.3. The Bertz CT molecular complexity index is 582. The van der Waals surface area contributed by atoms with Crippen LogP contribution in [-0.2, 0) is 6.54 Å². The number of nitrogens with zero attached hydrogens (tertiary/aromatic N) is 2. The van der Waals surface area contributed by atoms with Crippen LogP contribution >= 0.6 is 0 Å². The van der Waals surface area contributed by atoms with Crippen molar-refractivity contribution in [2.45, 2.75) is 33.2 Å². The molecule has 1 aliphatic rings. The molecule has 0 aliphatic carbocycles. The lowest BCUT2D eigenvalue weighted by atomic mass is 9.87. The average Bonchev–Trinajstić information content (AvgIpc) is 2.80. The summed E-state index contributed by atoms with van der Waals surface area (Å²) in [6.07, 6.45) is 2.57. The lowest BCUT2D eigenvalue weighted by molar-refractivity contribution is 0.142. The predicted octanol–water partition coefficient (Wildman–Crippen LogP) is 3.28. The molecule has 1 aromatic heterocycles. The van der Waals surface area contributed by atoms with Crippen LogP contribution in [0.1, 0.15) is 32.6 Å². The van der Waals surface area contributed by atoms with E-state index in [0.717, 1.165) is 54.1 Å². The van der Waals surface area contributed by atoms with Crippen molar-refractivity contribution in [2.75, 3.05) is 18.8 Å². The third-order valence-electron chi connectivity index (χ3n) is 4.39. The van der Waals surface area contributed by atoms with Gasteiger partial charge in [-0.2, -0.15) is 0 Å². The maximum absolute atomic E-state index is 5.79. The first-order chi connectivity index (χ1) is 9.61. The summed E-state index contributed by atoms with van der Waals surface area (Å²) >= 11 is 0. The van der Waals surface area contributed by atoms with E-state index in [1.807, 2.05) is 18.2 Å². The van der Waals surface area contributed by atoms with Crippen molar-refractivity contribution >= 4 is 16.8 Å². The third-order valence-corrected chi connectivity index (χ3v) is 4.39. The molecule has 0 saturated carbocycles. The number of hydrogen-bond donors (Lipinski definition) is 1. The van der Waals surface area contributed by atoms with Gasteiger partial charge in [0.1, 0.15) is 5.52 Å². The first-order valence-corrected chi connectivity index (χ1v) is 7.49.